The van der Waals surface area contributed by atoms with Crippen molar-refractivity contribution in [3.8, 4) is 0 Å². The third-order valence-corrected chi connectivity index (χ3v) is 2.67. The van der Waals surface area contributed by atoms with Gasteiger partial charge in [-0.3, -0.25) is 4.68 Å². The zero-order valence-corrected chi connectivity index (χ0v) is 10.9. The molecule has 1 rings (SSSR count). The Kier molecular flexibility index (Phi) is 4.50. The quantitative estimate of drug-likeness (QED) is 0.826. The van der Waals surface area contributed by atoms with Crippen LogP contribution in [0.15, 0.2) is 12.4 Å². The van der Waals surface area contributed by atoms with Crippen molar-refractivity contribution in [1.82, 2.24) is 15.1 Å². The molecule has 1 atom stereocenters. The minimum absolute atomic E-state index is 0.163. The molecule has 0 saturated carbocycles. The molecule has 0 aromatic carbocycles. The highest BCUT2D eigenvalue weighted by atomic mass is 16.5. The first kappa shape index (κ1) is 13.2. The summed E-state index contributed by atoms with van der Waals surface area (Å²) in [6.45, 7) is 8.26. The van der Waals surface area contributed by atoms with Crippen molar-refractivity contribution in [2.75, 3.05) is 13.7 Å². The van der Waals surface area contributed by atoms with Gasteiger partial charge < -0.3 is 10.1 Å². The van der Waals surface area contributed by atoms with Crippen molar-refractivity contribution in [2.24, 2.45) is 12.5 Å². The molecule has 4 nitrogen and oxygen atoms in total. The Bertz CT molecular complexity index is 314. The maximum Gasteiger partial charge on any atom is 0.0743 e. The largest absolute Gasteiger partial charge is 0.380 e. The van der Waals surface area contributed by atoms with Crippen molar-refractivity contribution in [2.45, 2.75) is 33.4 Å². The molecular weight excluding hydrogens is 202 g/mol. The average molecular weight is 225 g/mol. The highest BCUT2D eigenvalue weighted by Crippen LogP contribution is 2.20. The van der Waals surface area contributed by atoms with Crippen LogP contribution in [0.3, 0.4) is 0 Å². The molecule has 0 radical (unpaired) electrons. The van der Waals surface area contributed by atoms with Gasteiger partial charge in [0.1, 0.15) is 0 Å². The van der Waals surface area contributed by atoms with Gasteiger partial charge in [0.05, 0.1) is 12.3 Å². The lowest BCUT2D eigenvalue weighted by atomic mass is 9.89. The Morgan fingerprint density at radius 1 is 1.50 bits per heavy atom. The molecule has 0 aliphatic heterocycles. The van der Waals surface area contributed by atoms with E-state index >= 15 is 0 Å². The lowest BCUT2D eigenvalue weighted by Gasteiger charge is -2.29. The molecule has 0 amide bonds. The standard InChI is InChI=1S/C12H23N3O/c1-12(2,3)11(16-5)8-13-6-10-7-14-15(4)9-10/h7,9,11,13H,6,8H2,1-5H3. The van der Waals surface area contributed by atoms with Crippen LogP contribution in [0.2, 0.25) is 0 Å². The van der Waals surface area contributed by atoms with Gasteiger partial charge >= 0.3 is 0 Å². The first-order valence-electron chi connectivity index (χ1n) is 5.64. The van der Waals surface area contributed by atoms with E-state index in [0.29, 0.717) is 0 Å². The molecule has 0 bridgehead atoms. The summed E-state index contributed by atoms with van der Waals surface area (Å²) >= 11 is 0. The predicted octanol–water partition coefficient (Wildman–Crippen LogP) is 1.57. The average Bonchev–Trinajstić information content (AvgIpc) is 2.57. The zero-order valence-electron chi connectivity index (χ0n) is 10.9. The van der Waals surface area contributed by atoms with E-state index in [4.69, 9.17) is 4.74 Å². The second-order valence-electron chi connectivity index (χ2n) is 5.24. The third kappa shape index (κ3) is 3.94. The van der Waals surface area contributed by atoms with Crippen LogP contribution >= 0.6 is 0 Å². The predicted molar refractivity (Wildman–Crippen MR) is 65.2 cm³/mol. The minimum atomic E-state index is 0.163. The van der Waals surface area contributed by atoms with Gasteiger partial charge in [-0.05, 0) is 5.41 Å². The van der Waals surface area contributed by atoms with Crippen LogP contribution in [0.4, 0.5) is 0 Å². The number of methoxy groups -OCH3 is 1. The second kappa shape index (κ2) is 5.46. The smallest absolute Gasteiger partial charge is 0.0743 e. The van der Waals surface area contributed by atoms with E-state index in [1.165, 1.54) is 5.56 Å². The van der Waals surface area contributed by atoms with Crippen molar-refractivity contribution >= 4 is 0 Å². The van der Waals surface area contributed by atoms with Crippen molar-refractivity contribution in [1.29, 1.82) is 0 Å². The van der Waals surface area contributed by atoms with Crippen LogP contribution in [-0.2, 0) is 18.3 Å². The second-order valence-corrected chi connectivity index (χ2v) is 5.24. The summed E-state index contributed by atoms with van der Waals surface area (Å²) < 4.78 is 7.29. The van der Waals surface area contributed by atoms with Gasteiger partial charge in [-0.1, -0.05) is 20.8 Å². The number of nitrogens with zero attached hydrogens (tertiary/aromatic N) is 2. The maximum absolute atomic E-state index is 5.47. The highest BCUT2D eigenvalue weighted by Gasteiger charge is 2.23. The molecule has 92 valence electrons. The van der Waals surface area contributed by atoms with Gasteiger partial charge in [-0.15, -0.1) is 0 Å². The highest BCUT2D eigenvalue weighted by molar-refractivity contribution is 5.02. The van der Waals surface area contributed by atoms with E-state index < -0.39 is 0 Å². The summed E-state index contributed by atoms with van der Waals surface area (Å²) in [6.07, 6.45) is 4.13. The van der Waals surface area contributed by atoms with E-state index in [1.54, 1.807) is 7.11 Å². The Hall–Kier alpha value is -0.870. The van der Waals surface area contributed by atoms with Gasteiger partial charge in [-0.25, -0.2) is 0 Å². The topological polar surface area (TPSA) is 39.1 Å². The lowest BCUT2D eigenvalue weighted by molar-refractivity contribution is 0.0173. The Morgan fingerprint density at radius 2 is 2.19 bits per heavy atom. The zero-order chi connectivity index (χ0) is 12.2. The third-order valence-electron chi connectivity index (χ3n) is 2.67. The monoisotopic (exact) mass is 225 g/mol. The number of nitrogens with one attached hydrogen (secondary N) is 1. The fraction of sp³-hybridized carbons (Fsp3) is 0.750. The first-order chi connectivity index (χ1) is 7.43. The summed E-state index contributed by atoms with van der Waals surface area (Å²) in [5.74, 6) is 0. The van der Waals surface area contributed by atoms with E-state index in [2.05, 4.69) is 31.2 Å². The number of hydrogen-bond acceptors (Lipinski definition) is 3. The van der Waals surface area contributed by atoms with Crippen LogP contribution in [0, 0.1) is 5.41 Å². The lowest BCUT2D eigenvalue weighted by Crippen LogP contribution is -2.37. The minimum Gasteiger partial charge on any atom is -0.380 e. The molecule has 1 aromatic heterocycles. The van der Waals surface area contributed by atoms with Crippen molar-refractivity contribution < 1.29 is 4.74 Å². The number of hydrogen-bond donors (Lipinski definition) is 1. The number of rotatable bonds is 5. The van der Waals surface area contributed by atoms with Crippen LogP contribution in [0.25, 0.3) is 0 Å². The SMILES string of the molecule is COC(CNCc1cnn(C)c1)C(C)(C)C. The van der Waals surface area contributed by atoms with Gasteiger partial charge in [-0.2, -0.15) is 5.10 Å². The van der Waals surface area contributed by atoms with Crippen molar-refractivity contribution in [3.63, 3.8) is 0 Å². The maximum atomic E-state index is 5.47. The van der Waals surface area contributed by atoms with Gasteiger partial charge in [0.2, 0.25) is 0 Å². The van der Waals surface area contributed by atoms with Crippen molar-refractivity contribution in [3.05, 3.63) is 18.0 Å². The fourth-order valence-corrected chi connectivity index (χ4v) is 1.65. The molecule has 1 heterocycles. The van der Waals surface area contributed by atoms with Crippen LogP contribution < -0.4 is 5.32 Å². The molecule has 0 spiro atoms. The first-order valence-corrected chi connectivity index (χ1v) is 5.64. The molecule has 1 aromatic rings. The molecule has 0 fully saturated rings. The molecule has 16 heavy (non-hydrogen) atoms. The number of aryl methyl sites for hydroxylation is 1. The van der Waals surface area contributed by atoms with Gasteiger partial charge in [0.25, 0.3) is 0 Å². The molecule has 0 aliphatic carbocycles. The van der Waals surface area contributed by atoms with Gasteiger partial charge in [0.15, 0.2) is 0 Å². The normalized spacial score (nSPS) is 14.1. The van der Waals surface area contributed by atoms with E-state index in [-0.39, 0.29) is 11.5 Å². The summed E-state index contributed by atoms with van der Waals surface area (Å²) in [4.78, 5) is 0. The van der Waals surface area contributed by atoms with E-state index in [1.807, 2.05) is 24.1 Å². The molecule has 1 N–H and O–H groups in total. The Morgan fingerprint density at radius 3 is 2.62 bits per heavy atom. The Labute approximate surface area is 98.0 Å². The van der Waals surface area contributed by atoms with Crippen LogP contribution in [0.5, 0.6) is 0 Å². The number of aromatic nitrogens is 2. The molecule has 0 aliphatic rings. The summed E-state index contributed by atoms with van der Waals surface area (Å²) in [6, 6.07) is 0. The molecule has 1 unspecified atom stereocenters. The summed E-state index contributed by atoms with van der Waals surface area (Å²) in [7, 11) is 3.69. The van der Waals surface area contributed by atoms with E-state index in [0.717, 1.165) is 13.1 Å². The van der Waals surface area contributed by atoms with E-state index in [9.17, 15) is 0 Å². The van der Waals surface area contributed by atoms with Crippen LogP contribution in [-0.4, -0.2) is 29.5 Å². The molecular formula is C12H23N3O. The van der Waals surface area contributed by atoms with Crippen LogP contribution in [0.1, 0.15) is 26.3 Å². The Balaban J connectivity index is 2.34. The summed E-state index contributed by atoms with van der Waals surface area (Å²) in [5, 5.41) is 7.52. The molecule has 4 heteroatoms. The van der Waals surface area contributed by atoms with Gasteiger partial charge in [0, 0.05) is 39.0 Å². The molecule has 0 saturated heterocycles. The fourth-order valence-electron chi connectivity index (χ4n) is 1.65. The number of ether oxygens (including phenoxy) is 1. The summed E-state index contributed by atoms with van der Waals surface area (Å²) in [5.41, 5.74) is 1.36.